The molecular weight excluding hydrogens is 266 g/mol. The molecule has 0 aliphatic rings. The highest BCUT2D eigenvalue weighted by Gasteiger charge is 2.17. The number of halogens is 3. The number of hydrogen-bond acceptors (Lipinski definition) is 3. The van der Waals surface area contributed by atoms with Gasteiger partial charge in [0, 0.05) is 12.2 Å². The Morgan fingerprint density at radius 3 is 2.67 bits per heavy atom. The van der Waals surface area contributed by atoms with Gasteiger partial charge in [0.15, 0.2) is 0 Å². The van der Waals surface area contributed by atoms with Gasteiger partial charge in [-0.3, -0.25) is 9.48 Å². The van der Waals surface area contributed by atoms with Crippen molar-refractivity contribution in [2.45, 2.75) is 32.9 Å². The van der Waals surface area contributed by atoms with Crippen LogP contribution in [0, 0.1) is 5.92 Å². The monoisotopic (exact) mass is 282 g/mol. The van der Waals surface area contributed by atoms with Crippen molar-refractivity contribution in [2.24, 2.45) is 11.7 Å². The average Bonchev–Trinajstić information content (AvgIpc) is 2.63. The first-order chi connectivity index (χ1) is 7.90. The highest BCUT2D eigenvalue weighted by molar-refractivity contribution is 5.92. The first-order valence-electron chi connectivity index (χ1n) is 5.27. The summed E-state index contributed by atoms with van der Waals surface area (Å²) in [6, 6.07) is -0.272. The molecule has 2 unspecified atom stereocenters. The Hall–Kier alpha value is -1.21. The number of rotatable bonds is 5. The van der Waals surface area contributed by atoms with E-state index >= 15 is 0 Å². The molecule has 3 N–H and O–H groups in total. The minimum atomic E-state index is -2.47. The lowest BCUT2D eigenvalue weighted by molar-refractivity contribution is -0.119. The first kappa shape index (κ1) is 16.8. The molecule has 18 heavy (non-hydrogen) atoms. The van der Waals surface area contributed by atoms with E-state index in [1.165, 1.54) is 12.4 Å². The fourth-order valence-corrected chi connectivity index (χ4v) is 1.16. The molecule has 0 aliphatic heterocycles. The van der Waals surface area contributed by atoms with Crippen LogP contribution >= 0.6 is 12.4 Å². The Labute approximate surface area is 110 Å². The van der Waals surface area contributed by atoms with Gasteiger partial charge in [-0.05, 0) is 6.92 Å². The maximum Gasteiger partial charge on any atom is 0.257 e. The molecule has 1 aromatic heterocycles. The van der Waals surface area contributed by atoms with E-state index in [1.807, 2.05) is 0 Å². The Balaban J connectivity index is 0.00000289. The van der Waals surface area contributed by atoms with Crippen LogP contribution < -0.4 is 11.1 Å². The van der Waals surface area contributed by atoms with Crippen molar-refractivity contribution in [3.05, 3.63) is 12.4 Å². The van der Waals surface area contributed by atoms with Crippen molar-refractivity contribution < 1.29 is 13.6 Å². The summed E-state index contributed by atoms with van der Waals surface area (Å²) in [7, 11) is 0. The summed E-state index contributed by atoms with van der Waals surface area (Å²) in [6.07, 6.45) is 0.216. The number of carbonyl (C=O) groups excluding carboxylic acids is 1. The molecule has 0 spiro atoms. The van der Waals surface area contributed by atoms with E-state index in [0.717, 1.165) is 4.68 Å². The number of nitrogens with two attached hydrogens (primary N) is 1. The summed E-state index contributed by atoms with van der Waals surface area (Å²) in [5, 5.41) is 6.27. The molecule has 0 aliphatic carbocycles. The van der Waals surface area contributed by atoms with Crippen molar-refractivity contribution in [1.29, 1.82) is 0 Å². The van der Waals surface area contributed by atoms with E-state index in [0.29, 0.717) is 5.69 Å². The second kappa shape index (κ2) is 7.27. The number of amides is 1. The summed E-state index contributed by atoms with van der Waals surface area (Å²) in [5.74, 6) is -0.606. The number of carbonyl (C=O) groups is 1. The zero-order chi connectivity index (χ0) is 13.0. The fourth-order valence-electron chi connectivity index (χ4n) is 1.16. The van der Waals surface area contributed by atoms with Crippen molar-refractivity contribution in [2.75, 3.05) is 5.32 Å². The van der Waals surface area contributed by atoms with Crippen molar-refractivity contribution >= 4 is 24.0 Å². The molecule has 1 aromatic rings. The van der Waals surface area contributed by atoms with Crippen LogP contribution in [0.5, 0.6) is 0 Å². The number of hydrogen-bond donors (Lipinski definition) is 2. The highest BCUT2D eigenvalue weighted by Crippen LogP contribution is 2.10. The Morgan fingerprint density at radius 2 is 2.17 bits per heavy atom. The lowest BCUT2D eigenvalue weighted by atomic mass is 10.0. The summed E-state index contributed by atoms with van der Waals surface area (Å²) in [6.45, 7) is 2.94. The average molecular weight is 283 g/mol. The maximum absolute atomic E-state index is 12.1. The predicted octanol–water partition coefficient (Wildman–Crippen LogP) is 1.49. The van der Waals surface area contributed by atoms with Gasteiger partial charge >= 0.3 is 0 Å². The van der Waals surface area contributed by atoms with Gasteiger partial charge in [-0.1, -0.05) is 6.92 Å². The molecule has 0 fully saturated rings. The summed E-state index contributed by atoms with van der Waals surface area (Å²) >= 11 is 0. The topological polar surface area (TPSA) is 72.9 Å². The second-order valence-corrected chi connectivity index (χ2v) is 3.98. The smallest absolute Gasteiger partial charge is 0.257 e. The molecule has 2 atom stereocenters. The van der Waals surface area contributed by atoms with Gasteiger partial charge in [0.05, 0.1) is 17.8 Å². The summed E-state index contributed by atoms with van der Waals surface area (Å²) in [4.78, 5) is 11.6. The Morgan fingerprint density at radius 1 is 1.56 bits per heavy atom. The lowest BCUT2D eigenvalue weighted by Gasteiger charge is -2.14. The van der Waals surface area contributed by atoms with Gasteiger partial charge in [0.2, 0.25) is 5.91 Å². The molecule has 0 saturated carbocycles. The number of alkyl halides is 2. The van der Waals surface area contributed by atoms with Crippen LogP contribution in [0.3, 0.4) is 0 Å². The largest absolute Gasteiger partial charge is 0.327 e. The minimum Gasteiger partial charge on any atom is -0.327 e. The van der Waals surface area contributed by atoms with E-state index in [9.17, 15) is 13.6 Å². The molecule has 1 rings (SSSR count). The van der Waals surface area contributed by atoms with Crippen molar-refractivity contribution in [3.63, 3.8) is 0 Å². The normalized spacial score (nSPS) is 13.9. The zero-order valence-electron chi connectivity index (χ0n) is 10.1. The van der Waals surface area contributed by atoms with Gasteiger partial charge in [0.25, 0.3) is 6.43 Å². The SMILES string of the molecule is CC(N)C(C)C(=O)Nc1cnn(CC(F)F)c1.Cl. The van der Waals surface area contributed by atoms with E-state index in [2.05, 4.69) is 10.4 Å². The van der Waals surface area contributed by atoms with Crippen LogP contribution in [0.15, 0.2) is 12.4 Å². The second-order valence-electron chi connectivity index (χ2n) is 3.98. The maximum atomic E-state index is 12.1. The number of nitrogens with zero attached hydrogens (tertiary/aromatic N) is 2. The van der Waals surface area contributed by atoms with E-state index in [4.69, 9.17) is 5.73 Å². The molecule has 1 heterocycles. The van der Waals surface area contributed by atoms with E-state index < -0.39 is 13.0 Å². The number of nitrogens with one attached hydrogen (secondary N) is 1. The van der Waals surface area contributed by atoms with Crippen LogP contribution in [0.1, 0.15) is 13.8 Å². The van der Waals surface area contributed by atoms with Gasteiger partial charge in [0.1, 0.15) is 6.54 Å². The summed E-state index contributed by atoms with van der Waals surface area (Å²) in [5.41, 5.74) is 5.97. The van der Waals surface area contributed by atoms with Crippen LogP contribution in [0.25, 0.3) is 0 Å². The van der Waals surface area contributed by atoms with Gasteiger partial charge in [-0.25, -0.2) is 8.78 Å². The van der Waals surface area contributed by atoms with E-state index in [1.54, 1.807) is 13.8 Å². The minimum absolute atomic E-state index is 0. The Kier molecular flexibility index (Phi) is 6.79. The predicted molar refractivity (Wildman–Crippen MR) is 66.9 cm³/mol. The summed E-state index contributed by atoms with van der Waals surface area (Å²) < 4.78 is 25.2. The molecule has 5 nitrogen and oxygen atoms in total. The highest BCUT2D eigenvalue weighted by atomic mass is 35.5. The number of anilines is 1. The molecular formula is C10H17ClF2N4O. The molecule has 0 aromatic carbocycles. The third-order valence-corrected chi connectivity index (χ3v) is 2.43. The first-order valence-corrected chi connectivity index (χ1v) is 5.27. The van der Waals surface area contributed by atoms with Gasteiger partial charge in [-0.15, -0.1) is 12.4 Å². The van der Waals surface area contributed by atoms with Crippen LogP contribution in [0.2, 0.25) is 0 Å². The van der Waals surface area contributed by atoms with Crippen molar-refractivity contribution in [1.82, 2.24) is 9.78 Å². The third-order valence-electron chi connectivity index (χ3n) is 2.43. The molecule has 0 radical (unpaired) electrons. The Bertz CT molecular complexity index is 384. The standard InChI is InChI=1S/C10H16F2N4O.ClH/c1-6(7(2)13)10(17)15-8-3-14-16(4-8)5-9(11)12;/h3-4,6-7,9H,5,13H2,1-2H3,(H,15,17);1H. The van der Waals surface area contributed by atoms with Gasteiger partial charge in [-0.2, -0.15) is 5.10 Å². The molecule has 0 saturated heterocycles. The van der Waals surface area contributed by atoms with E-state index in [-0.39, 0.29) is 30.3 Å². The third kappa shape index (κ3) is 4.97. The molecule has 0 bridgehead atoms. The quantitative estimate of drug-likeness (QED) is 0.859. The van der Waals surface area contributed by atoms with Gasteiger partial charge < -0.3 is 11.1 Å². The molecule has 1 amide bonds. The van der Waals surface area contributed by atoms with Crippen molar-refractivity contribution in [3.8, 4) is 0 Å². The van der Waals surface area contributed by atoms with Crippen LogP contribution in [-0.2, 0) is 11.3 Å². The molecule has 8 heteroatoms. The van der Waals surface area contributed by atoms with Crippen LogP contribution in [-0.4, -0.2) is 28.2 Å². The molecule has 104 valence electrons. The number of aromatic nitrogens is 2. The van der Waals surface area contributed by atoms with Crippen LogP contribution in [0.4, 0.5) is 14.5 Å². The fraction of sp³-hybridized carbons (Fsp3) is 0.600. The zero-order valence-corrected chi connectivity index (χ0v) is 11.0. The lowest BCUT2D eigenvalue weighted by Crippen LogP contribution is -2.34.